The summed E-state index contributed by atoms with van der Waals surface area (Å²) in [7, 11) is 0. The van der Waals surface area contributed by atoms with Gasteiger partial charge in [0.05, 0.1) is 6.10 Å². The van der Waals surface area contributed by atoms with Crippen LogP contribution in [0.5, 0.6) is 0 Å². The average Bonchev–Trinajstić information content (AvgIpc) is 2.81. The first kappa shape index (κ1) is 14.5. The summed E-state index contributed by atoms with van der Waals surface area (Å²) in [6.45, 7) is 12.4. The zero-order valence-corrected chi connectivity index (χ0v) is 12.7. The predicted molar refractivity (Wildman–Crippen MR) is 72.4 cm³/mol. The number of nitrogens with zero attached hydrogens (tertiary/aromatic N) is 3. The summed E-state index contributed by atoms with van der Waals surface area (Å²) in [5.74, 6) is -1.24. The molecule has 3 atom stereocenters. The summed E-state index contributed by atoms with van der Waals surface area (Å²) >= 11 is 0. The summed E-state index contributed by atoms with van der Waals surface area (Å²) in [6, 6.07) is -0.209. The second-order valence-corrected chi connectivity index (χ2v) is 7.55. The van der Waals surface area contributed by atoms with Gasteiger partial charge in [-0.15, -0.1) is 0 Å². The van der Waals surface area contributed by atoms with Gasteiger partial charge < -0.3 is 9.84 Å². The number of ether oxygens (including phenoxy) is 1. The van der Waals surface area contributed by atoms with E-state index < -0.39 is 11.2 Å². The van der Waals surface area contributed by atoms with Crippen molar-refractivity contribution < 1.29 is 9.84 Å². The van der Waals surface area contributed by atoms with Crippen LogP contribution in [0.25, 0.3) is 0 Å². The van der Waals surface area contributed by atoms with Crippen molar-refractivity contribution in [3.63, 3.8) is 0 Å². The van der Waals surface area contributed by atoms with Gasteiger partial charge in [0.15, 0.2) is 5.79 Å². The van der Waals surface area contributed by atoms with Crippen molar-refractivity contribution in [3.8, 4) is 0 Å². The summed E-state index contributed by atoms with van der Waals surface area (Å²) in [5.41, 5.74) is -0.418. The van der Waals surface area contributed by atoms with Gasteiger partial charge >= 0.3 is 0 Å². The highest BCUT2D eigenvalue weighted by molar-refractivity contribution is 5.00. The fraction of sp³-hybridized carbons (Fsp3) is 0.857. The lowest BCUT2D eigenvalue weighted by molar-refractivity contribution is -0.275. The molecule has 0 saturated carbocycles. The van der Waals surface area contributed by atoms with Crippen LogP contribution in [-0.2, 0) is 4.74 Å². The molecule has 1 fully saturated rings. The Morgan fingerprint density at radius 2 is 1.89 bits per heavy atom. The summed E-state index contributed by atoms with van der Waals surface area (Å²) in [6.07, 6.45) is 3.87. The average molecular weight is 267 g/mol. The minimum absolute atomic E-state index is 0.00840. The largest absolute Gasteiger partial charge is 0.363 e. The number of aromatic nitrogens is 3. The lowest BCUT2D eigenvalue weighted by Crippen LogP contribution is -2.49. The van der Waals surface area contributed by atoms with E-state index in [1.54, 1.807) is 11.0 Å². The molecule has 0 amide bonds. The molecule has 1 aliphatic heterocycles. The molecule has 5 heteroatoms. The Labute approximate surface area is 115 Å². The Morgan fingerprint density at radius 3 is 2.32 bits per heavy atom. The second-order valence-electron chi connectivity index (χ2n) is 7.55. The van der Waals surface area contributed by atoms with E-state index in [0.717, 1.165) is 6.42 Å². The van der Waals surface area contributed by atoms with Crippen molar-refractivity contribution >= 4 is 0 Å². The van der Waals surface area contributed by atoms with E-state index in [2.05, 4.69) is 30.9 Å². The van der Waals surface area contributed by atoms with Gasteiger partial charge in [0, 0.05) is 11.8 Å². The van der Waals surface area contributed by atoms with Crippen LogP contribution in [-0.4, -0.2) is 31.8 Å². The molecule has 1 aromatic heterocycles. The standard InChI is InChI=1S/C14H25N3O2/c1-12(2,3)11-7-10(17-9-15-8-16-17)14(18,19-11)13(4,5)6/h8-11,18H,7H2,1-6H3. The Bertz CT molecular complexity index is 431. The van der Waals surface area contributed by atoms with Crippen LogP contribution >= 0.6 is 0 Å². The summed E-state index contributed by atoms with van der Waals surface area (Å²) < 4.78 is 7.80. The van der Waals surface area contributed by atoms with Crippen molar-refractivity contribution in [3.05, 3.63) is 12.7 Å². The third kappa shape index (κ3) is 2.41. The molecule has 1 N–H and O–H groups in total. The fourth-order valence-electron chi connectivity index (χ4n) is 2.58. The fourth-order valence-corrected chi connectivity index (χ4v) is 2.58. The molecule has 2 rings (SSSR count). The van der Waals surface area contributed by atoms with Gasteiger partial charge in [0.25, 0.3) is 0 Å². The van der Waals surface area contributed by atoms with Gasteiger partial charge in [-0.3, -0.25) is 0 Å². The van der Waals surface area contributed by atoms with Crippen molar-refractivity contribution in [1.29, 1.82) is 0 Å². The predicted octanol–water partition coefficient (Wildman–Crippen LogP) is 2.39. The van der Waals surface area contributed by atoms with Crippen LogP contribution in [0.3, 0.4) is 0 Å². The number of aliphatic hydroxyl groups is 1. The van der Waals surface area contributed by atoms with Crippen LogP contribution in [0.1, 0.15) is 54.0 Å². The molecule has 0 spiro atoms. The minimum atomic E-state index is -1.24. The van der Waals surface area contributed by atoms with Gasteiger partial charge in [-0.1, -0.05) is 41.5 Å². The van der Waals surface area contributed by atoms with Crippen LogP contribution < -0.4 is 0 Å². The number of rotatable bonds is 1. The molecular formula is C14H25N3O2. The Hall–Kier alpha value is -0.940. The maximum atomic E-state index is 11.1. The SMILES string of the molecule is CC(C)(C)C1CC(n2cncn2)C(O)(C(C)(C)C)O1. The zero-order valence-electron chi connectivity index (χ0n) is 12.7. The first-order chi connectivity index (χ1) is 8.56. The third-order valence-electron chi connectivity index (χ3n) is 4.01. The maximum absolute atomic E-state index is 11.1. The molecule has 5 nitrogen and oxygen atoms in total. The van der Waals surface area contributed by atoms with E-state index in [-0.39, 0.29) is 17.6 Å². The van der Waals surface area contributed by atoms with Crippen LogP contribution in [0.15, 0.2) is 12.7 Å². The molecule has 19 heavy (non-hydrogen) atoms. The molecule has 1 saturated heterocycles. The molecule has 0 bridgehead atoms. The van der Waals surface area contributed by atoms with Crippen molar-refractivity contribution in [2.75, 3.05) is 0 Å². The number of hydrogen-bond acceptors (Lipinski definition) is 4. The third-order valence-corrected chi connectivity index (χ3v) is 4.01. The smallest absolute Gasteiger partial charge is 0.193 e. The van der Waals surface area contributed by atoms with E-state index in [1.807, 2.05) is 20.8 Å². The lowest BCUT2D eigenvalue weighted by atomic mass is 9.80. The zero-order chi connectivity index (χ0) is 14.5. The van der Waals surface area contributed by atoms with E-state index in [1.165, 1.54) is 6.33 Å². The highest BCUT2D eigenvalue weighted by Crippen LogP contribution is 2.51. The minimum Gasteiger partial charge on any atom is -0.363 e. The van der Waals surface area contributed by atoms with E-state index >= 15 is 0 Å². The molecule has 0 radical (unpaired) electrons. The molecule has 0 aromatic carbocycles. The van der Waals surface area contributed by atoms with Gasteiger partial charge in [0.2, 0.25) is 0 Å². The van der Waals surface area contributed by atoms with E-state index in [4.69, 9.17) is 4.74 Å². The second kappa shape index (κ2) is 4.28. The van der Waals surface area contributed by atoms with Gasteiger partial charge in [0.1, 0.15) is 18.7 Å². The van der Waals surface area contributed by atoms with Crippen molar-refractivity contribution in [2.45, 2.75) is 65.9 Å². The topological polar surface area (TPSA) is 60.2 Å². The summed E-state index contributed by atoms with van der Waals surface area (Å²) in [5, 5.41) is 15.3. The normalized spacial score (nSPS) is 32.8. The molecule has 1 aromatic rings. The molecule has 3 unspecified atom stereocenters. The number of hydrogen-bond donors (Lipinski definition) is 1. The molecule has 1 aliphatic rings. The van der Waals surface area contributed by atoms with Gasteiger partial charge in [-0.2, -0.15) is 5.10 Å². The van der Waals surface area contributed by atoms with Crippen molar-refractivity contribution in [1.82, 2.24) is 14.8 Å². The van der Waals surface area contributed by atoms with Gasteiger partial charge in [-0.05, 0) is 5.41 Å². The Kier molecular flexibility index (Phi) is 3.26. The van der Waals surface area contributed by atoms with E-state index in [9.17, 15) is 5.11 Å². The monoisotopic (exact) mass is 267 g/mol. The quantitative estimate of drug-likeness (QED) is 0.848. The molecule has 0 aliphatic carbocycles. The van der Waals surface area contributed by atoms with Crippen LogP contribution in [0, 0.1) is 10.8 Å². The molecule has 2 heterocycles. The van der Waals surface area contributed by atoms with Crippen LogP contribution in [0.4, 0.5) is 0 Å². The Balaban J connectivity index is 2.39. The highest BCUT2D eigenvalue weighted by atomic mass is 16.6. The lowest BCUT2D eigenvalue weighted by Gasteiger charge is -2.41. The maximum Gasteiger partial charge on any atom is 0.193 e. The first-order valence-corrected chi connectivity index (χ1v) is 6.80. The first-order valence-electron chi connectivity index (χ1n) is 6.80. The van der Waals surface area contributed by atoms with Gasteiger partial charge in [-0.25, -0.2) is 9.67 Å². The van der Waals surface area contributed by atoms with Crippen LogP contribution in [0.2, 0.25) is 0 Å². The summed E-state index contributed by atoms with van der Waals surface area (Å²) in [4.78, 5) is 3.99. The van der Waals surface area contributed by atoms with Crippen molar-refractivity contribution in [2.24, 2.45) is 10.8 Å². The Morgan fingerprint density at radius 1 is 1.26 bits per heavy atom. The molecule has 108 valence electrons. The van der Waals surface area contributed by atoms with E-state index in [0.29, 0.717) is 0 Å². The highest BCUT2D eigenvalue weighted by Gasteiger charge is 2.57. The molecular weight excluding hydrogens is 242 g/mol.